The van der Waals surface area contributed by atoms with Gasteiger partial charge < -0.3 is 41.2 Å². The number of fused-ring (bicyclic) bond motifs is 4. The van der Waals surface area contributed by atoms with Gasteiger partial charge >= 0.3 is 0 Å². The highest BCUT2D eigenvalue weighted by Crippen LogP contribution is 2.42. The van der Waals surface area contributed by atoms with E-state index in [1.54, 1.807) is 22.5 Å². The number of carbonyl (C=O) groups excluding carboxylic acids is 6. The summed E-state index contributed by atoms with van der Waals surface area (Å²) in [5.41, 5.74) is 8.03. The second-order valence-electron chi connectivity index (χ2n) is 15.3. The molecular weight excluding hydrogens is 757 g/mol. The van der Waals surface area contributed by atoms with E-state index in [0.717, 1.165) is 59.0 Å². The van der Waals surface area contributed by atoms with Crippen LogP contribution < -0.4 is 32.1 Å². The van der Waals surface area contributed by atoms with Gasteiger partial charge in [-0.1, -0.05) is 26.5 Å². The number of benzene rings is 1. The number of allylic oxidation sites excluding steroid dienone is 1. The summed E-state index contributed by atoms with van der Waals surface area (Å²) in [6, 6.07) is 5.48. The molecule has 2 aromatic heterocycles. The van der Waals surface area contributed by atoms with E-state index in [4.69, 9.17) is 4.98 Å². The number of carbonyl (C=O) groups is 6. The van der Waals surface area contributed by atoms with Crippen LogP contribution >= 0.6 is 0 Å². The molecule has 312 valence electrons. The molecule has 6 amide bonds. The molecule has 6 rings (SSSR count). The standard InChI is InChI=1S/C43H52N8O8/c1-5-26-29(42(58)24(2)3)18-33-41-30(23-51(33)43(26)59)27-10-9-11-28-31(14-15-32(49-41)40(27)28)48-38(56)22-47-37(55)21-46-36(54)20-45-35(53)19-44-34(52)12-7-6-8-17-50-25(4)13-16-39(50)57/h14-15,18,42,58H,2,4-13,16-17,19-23H2,1,3H3,(H,44,52)(H,45,53)(H,46,54)(H,47,55)(H,48,56)/t42-/m1/s1. The lowest BCUT2D eigenvalue weighted by atomic mass is 9.86. The Hall–Kier alpha value is -6.16. The molecule has 0 saturated carbocycles. The smallest absolute Gasteiger partial charge is 0.254 e. The zero-order valence-electron chi connectivity index (χ0n) is 33.7. The Labute approximate surface area is 341 Å². The van der Waals surface area contributed by atoms with Crippen LogP contribution in [0.1, 0.15) is 92.7 Å². The van der Waals surface area contributed by atoms with Gasteiger partial charge in [-0.15, -0.1) is 0 Å². The van der Waals surface area contributed by atoms with E-state index in [1.165, 1.54) is 0 Å². The van der Waals surface area contributed by atoms with Gasteiger partial charge in [0.2, 0.25) is 35.4 Å². The Balaban J connectivity index is 0.939. The molecule has 1 saturated heterocycles. The van der Waals surface area contributed by atoms with E-state index in [9.17, 15) is 38.7 Å². The van der Waals surface area contributed by atoms with Crippen molar-refractivity contribution in [2.24, 2.45) is 0 Å². The highest BCUT2D eigenvalue weighted by atomic mass is 16.3. The molecule has 59 heavy (non-hydrogen) atoms. The predicted molar refractivity (Wildman–Crippen MR) is 221 cm³/mol. The van der Waals surface area contributed by atoms with Crippen molar-refractivity contribution in [2.45, 2.75) is 90.7 Å². The summed E-state index contributed by atoms with van der Waals surface area (Å²) < 4.78 is 1.73. The molecule has 16 nitrogen and oxygen atoms in total. The largest absolute Gasteiger partial charge is 0.384 e. The minimum absolute atomic E-state index is 0.0804. The molecule has 2 aliphatic heterocycles. The molecule has 0 spiro atoms. The van der Waals surface area contributed by atoms with Gasteiger partial charge in [-0.25, -0.2) is 4.98 Å². The number of aliphatic hydroxyl groups is 1. The fourth-order valence-electron chi connectivity index (χ4n) is 8.01. The van der Waals surface area contributed by atoms with Crippen molar-refractivity contribution >= 4 is 52.0 Å². The van der Waals surface area contributed by atoms with Crippen LogP contribution in [0.15, 0.2) is 47.4 Å². The van der Waals surface area contributed by atoms with Crippen molar-refractivity contribution in [3.05, 3.63) is 80.8 Å². The number of anilines is 1. The number of nitrogens with zero attached hydrogens (tertiary/aromatic N) is 3. The van der Waals surface area contributed by atoms with Crippen LogP contribution in [0.5, 0.6) is 0 Å². The van der Waals surface area contributed by atoms with Gasteiger partial charge in [0, 0.05) is 47.3 Å². The molecule has 4 heterocycles. The number of aromatic nitrogens is 2. The lowest BCUT2D eigenvalue weighted by Crippen LogP contribution is -2.45. The summed E-state index contributed by atoms with van der Waals surface area (Å²) in [7, 11) is 0. The number of pyridine rings is 2. The van der Waals surface area contributed by atoms with E-state index in [1.807, 2.05) is 19.1 Å². The Bertz CT molecular complexity index is 2300. The number of rotatable bonds is 18. The third-order valence-electron chi connectivity index (χ3n) is 11.1. The Kier molecular flexibility index (Phi) is 13.4. The molecule has 1 fully saturated rings. The first-order chi connectivity index (χ1) is 28.3. The molecule has 1 atom stereocenters. The normalized spacial score (nSPS) is 14.4. The molecule has 0 unspecified atom stereocenters. The van der Waals surface area contributed by atoms with Crippen molar-refractivity contribution in [3.8, 4) is 11.4 Å². The number of hydrogen-bond donors (Lipinski definition) is 6. The summed E-state index contributed by atoms with van der Waals surface area (Å²) in [6.07, 6.45) is 5.31. The van der Waals surface area contributed by atoms with E-state index < -0.39 is 42.8 Å². The van der Waals surface area contributed by atoms with Crippen LogP contribution in [-0.4, -0.2) is 87.7 Å². The summed E-state index contributed by atoms with van der Waals surface area (Å²) in [6.45, 7) is 10.9. The van der Waals surface area contributed by atoms with Gasteiger partial charge in [-0.3, -0.25) is 33.6 Å². The van der Waals surface area contributed by atoms with E-state index in [-0.39, 0.29) is 36.9 Å². The van der Waals surface area contributed by atoms with E-state index >= 15 is 0 Å². The first-order valence-electron chi connectivity index (χ1n) is 20.2. The van der Waals surface area contributed by atoms with Crippen molar-refractivity contribution in [1.82, 2.24) is 35.7 Å². The minimum Gasteiger partial charge on any atom is -0.384 e. The number of aryl methyl sites for hydroxylation is 2. The van der Waals surface area contributed by atoms with Crippen molar-refractivity contribution in [2.75, 3.05) is 38.0 Å². The highest BCUT2D eigenvalue weighted by Gasteiger charge is 2.31. The fourth-order valence-corrected chi connectivity index (χ4v) is 8.01. The van der Waals surface area contributed by atoms with Gasteiger partial charge in [0.15, 0.2) is 0 Å². The maximum absolute atomic E-state index is 13.7. The average Bonchev–Trinajstić information content (AvgIpc) is 3.76. The van der Waals surface area contributed by atoms with Crippen molar-refractivity contribution in [3.63, 3.8) is 0 Å². The summed E-state index contributed by atoms with van der Waals surface area (Å²) >= 11 is 0. The maximum Gasteiger partial charge on any atom is 0.254 e. The number of amides is 6. The molecule has 1 aromatic carbocycles. The Morgan fingerprint density at radius 2 is 1.47 bits per heavy atom. The Morgan fingerprint density at radius 1 is 0.831 bits per heavy atom. The quantitative estimate of drug-likeness (QED) is 0.0640. The van der Waals surface area contributed by atoms with Crippen LogP contribution in [0.4, 0.5) is 5.69 Å². The lowest BCUT2D eigenvalue weighted by molar-refractivity contribution is -0.129. The number of likely N-dealkylation sites (tertiary alicyclic amines) is 1. The fraction of sp³-hybridized carbons (Fsp3) is 0.442. The van der Waals surface area contributed by atoms with Gasteiger partial charge in [0.25, 0.3) is 5.56 Å². The lowest BCUT2D eigenvalue weighted by Gasteiger charge is -2.22. The monoisotopic (exact) mass is 808 g/mol. The van der Waals surface area contributed by atoms with E-state index in [0.29, 0.717) is 79.0 Å². The van der Waals surface area contributed by atoms with Gasteiger partial charge in [0.05, 0.1) is 49.6 Å². The zero-order chi connectivity index (χ0) is 42.4. The summed E-state index contributed by atoms with van der Waals surface area (Å²) in [5.74, 6) is -2.49. The topological polar surface area (TPSA) is 221 Å². The van der Waals surface area contributed by atoms with Crippen molar-refractivity contribution in [1.29, 1.82) is 0 Å². The summed E-state index contributed by atoms with van der Waals surface area (Å²) in [5, 5.41) is 24.5. The molecule has 1 aliphatic carbocycles. The molecule has 6 N–H and O–H groups in total. The van der Waals surface area contributed by atoms with Crippen LogP contribution in [0, 0.1) is 0 Å². The van der Waals surface area contributed by atoms with Crippen LogP contribution in [0.3, 0.4) is 0 Å². The Morgan fingerprint density at radius 3 is 2.10 bits per heavy atom. The van der Waals surface area contributed by atoms with Crippen LogP contribution in [-0.2, 0) is 54.6 Å². The first-order valence-corrected chi connectivity index (χ1v) is 20.2. The highest BCUT2D eigenvalue weighted by molar-refractivity contribution is 6.01. The number of nitrogens with one attached hydrogen (secondary N) is 5. The minimum atomic E-state index is -0.963. The average molecular weight is 809 g/mol. The van der Waals surface area contributed by atoms with Gasteiger partial charge in [0.1, 0.15) is 6.10 Å². The summed E-state index contributed by atoms with van der Waals surface area (Å²) in [4.78, 5) is 94.0. The van der Waals surface area contributed by atoms with Gasteiger partial charge in [-0.05, 0) is 92.3 Å². The zero-order valence-corrected chi connectivity index (χ0v) is 33.7. The molecule has 0 bridgehead atoms. The number of hydrogen-bond acceptors (Lipinski definition) is 9. The molecular formula is C43H52N8O8. The first kappa shape index (κ1) is 42.4. The molecule has 16 heteroatoms. The number of aliphatic hydroxyl groups excluding tert-OH is 1. The maximum atomic E-state index is 13.7. The molecule has 3 aromatic rings. The molecule has 0 radical (unpaired) electrons. The van der Waals surface area contributed by atoms with Crippen LogP contribution in [0.25, 0.3) is 22.3 Å². The second-order valence-corrected chi connectivity index (χ2v) is 15.3. The van der Waals surface area contributed by atoms with E-state index in [2.05, 4.69) is 39.7 Å². The van der Waals surface area contributed by atoms with Crippen molar-refractivity contribution < 1.29 is 33.9 Å². The van der Waals surface area contributed by atoms with Gasteiger partial charge in [-0.2, -0.15) is 0 Å². The predicted octanol–water partition coefficient (Wildman–Crippen LogP) is 2.19. The van der Waals surface area contributed by atoms with Crippen LogP contribution in [0.2, 0.25) is 0 Å². The third kappa shape index (κ3) is 9.60. The SMILES string of the molecule is C=C(C)[C@@H](O)c1cc2n(c(=O)c1CC)Cc1c-2nc2ccc(NC(=O)CNC(=O)CNC(=O)CNC(=O)CNC(=O)CCCCCN3C(=C)CCC3=O)c3c2c1CCC3. The third-order valence-corrected chi connectivity index (χ3v) is 11.1. The number of unbranched alkanes of at least 4 members (excludes halogenated alkanes) is 2. The second kappa shape index (κ2) is 18.6. The molecule has 3 aliphatic rings.